The van der Waals surface area contributed by atoms with Gasteiger partial charge in [0.1, 0.15) is 0 Å². The van der Waals surface area contributed by atoms with Gasteiger partial charge < -0.3 is 4.43 Å². The summed E-state index contributed by atoms with van der Waals surface area (Å²) >= 11 is 4.63. The van der Waals surface area contributed by atoms with Gasteiger partial charge >= 0.3 is 0 Å². The first-order chi connectivity index (χ1) is 5.90. The van der Waals surface area contributed by atoms with E-state index >= 15 is 0 Å². The van der Waals surface area contributed by atoms with Crippen molar-refractivity contribution in [1.82, 2.24) is 0 Å². The van der Waals surface area contributed by atoms with E-state index < -0.39 is 8.32 Å². The third-order valence-electron chi connectivity index (χ3n) is 3.05. The van der Waals surface area contributed by atoms with E-state index in [0.29, 0.717) is 5.25 Å². The fraction of sp³-hybridized carbons (Fsp3) is 1.00. The first-order valence-electron chi connectivity index (χ1n) is 5.28. The molecule has 13 heavy (non-hydrogen) atoms. The van der Waals surface area contributed by atoms with Crippen molar-refractivity contribution in [2.45, 2.75) is 63.1 Å². The Morgan fingerprint density at radius 2 is 2.15 bits per heavy atom. The lowest BCUT2D eigenvalue weighted by atomic mass is 9.94. The molecule has 0 aromatic rings. The van der Waals surface area contributed by atoms with E-state index in [2.05, 4.69) is 39.6 Å². The Morgan fingerprint density at radius 3 is 2.62 bits per heavy atom. The topological polar surface area (TPSA) is 9.23 Å². The Hall–Kier alpha value is 0.527. The summed E-state index contributed by atoms with van der Waals surface area (Å²) in [6.07, 6.45) is 3.61. The van der Waals surface area contributed by atoms with E-state index in [0.717, 1.165) is 6.42 Å². The molecular weight excluding hydrogens is 196 g/mol. The largest absolute Gasteiger partial charge is 0.411 e. The molecule has 0 amide bonds. The van der Waals surface area contributed by atoms with Crippen molar-refractivity contribution < 1.29 is 4.43 Å². The highest BCUT2D eigenvalue weighted by molar-refractivity contribution is 7.81. The predicted molar refractivity (Wildman–Crippen MR) is 64.1 cm³/mol. The van der Waals surface area contributed by atoms with Crippen LogP contribution in [0.5, 0.6) is 0 Å². The van der Waals surface area contributed by atoms with Crippen LogP contribution in [-0.4, -0.2) is 19.2 Å². The molecule has 0 aromatic heterocycles. The summed E-state index contributed by atoms with van der Waals surface area (Å²) in [5.41, 5.74) is 0.0475. The van der Waals surface area contributed by atoms with Crippen molar-refractivity contribution in [3.63, 3.8) is 0 Å². The fourth-order valence-electron chi connectivity index (χ4n) is 2.26. The highest BCUT2D eigenvalue weighted by atomic mass is 32.1. The Morgan fingerprint density at radius 1 is 1.54 bits per heavy atom. The lowest BCUT2D eigenvalue weighted by Gasteiger charge is -2.45. The first kappa shape index (κ1) is 11.6. The number of rotatable bonds is 2. The Labute approximate surface area is 88.8 Å². The van der Waals surface area contributed by atoms with Crippen LogP contribution in [0.3, 0.4) is 0 Å². The van der Waals surface area contributed by atoms with E-state index in [9.17, 15) is 0 Å². The molecule has 1 aliphatic rings. The van der Waals surface area contributed by atoms with Gasteiger partial charge in [-0.05, 0) is 38.9 Å². The van der Waals surface area contributed by atoms with E-state index in [1.54, 1.807) is 0 Å². The molecular formula is C10H22OSSi. The van der Waals surface area contributed by atoms with E-state index in [-0.39, 0.29) is 5.60 Å². The van der Waals surface area contributed by atoms with Crippen molar-refractivity contribution in [2.75, 3.05) is 0 Å². The molecule has 1 fully saturated rings. The van der Waals surface area contributed by atoms with Crippen LogP contribution in [0.1, 0.15) is 33.1 Å². The summed E-state index contributed by atoms with van der Waals surface area (Å²) in [6.45, 7) is 9.07. The molecule has 0 aliphatic carbocycles. The minimum absolute atomic E-state index is 0.0475. The molecule has 0 aromatic carbocycles. The average molecular weight is 218 g/mol. The molecule has 1 saturated heterocycles. The Kier molecular flexibility index (Phi) is 3.53. The maximum atomic E-state index is 6.28. The minimum atomic E-state index is -1.35. The molecule has 0 N–H and O–H groups in total. The SMILES string of the molecule is CCC(S)C1(C)CCC[Si](C)(C)O1. The lowest BCUT2D eigenvalue weighted by Crippen LogP contribution is -2.51. The van der Waals surface area contributed by atoms with Crippen LogP contribution >= 0.6 is 12.6 Å². The Balaban J connectivity index is 2.68. The summed E-state index contributed by atoms with van der Waals surface area (Å²) in [6, 6.07) is 1.31. The summed E-state index contributed by atoms with van der Waals surface area (Å²) < 4.78 is 6.28. The van der Waals surface area contributed by atoms with Gasteiger partial charge in [0, 0.05) is 5.25 Å². The van der Waals surface area contributed by atoms with Gasteiger partial charge in [-0.2, -0.15) is 12.6 Å². The average Bonchev–Trinajstić information content (AvgIpc) is 2.00. The second-order valence-corrected chi connectivity index (χ2v) is 9.80. The van der Waals surface area contributed by atoms with Gasteiger partial charge in [-0.15, -0.1) is 0 Å². The Bertz CT molecular complexity index is 184. The maximum absolute atomic E-state index is 6.28. The highest BCUT2D eigenvalue weighted by Crippen LogP contribution is 2.38. The first-order valence-corrected chi connectivity index (χ1v) is 8.91. The molecule has 1 nitrogen and oxygen atoms in total. The van der Waals surface area contributed by atoms with Crippen molar-refractivity contribution in [1.29, 1.82) is 0 Å². The van der Waals surface area contributed by atoms with Gasteiger partial charge in [0.25, 0.3) is 0 Å². The maximum Gasteiger partial charge on any atom is 0.187 e. The van der Waals surface area contributed by atoms with Gasteiger partial charge in [0.2, 0.25) is 0 Å². The molecule has 0 radical (unpaired) electrons. The van der Waals surface area contributed by atoms with Crippen LogP contribution < -0.4 is 0 Å². The van der Waals surface area contributed by atoms with Crippen molar-refractivity contribution in [3.05, 3.63) is 0 Å². The fourth-order valence-corrected chi connectivity index (χ4v) is 5.18. The van der Waals surface area contributed by atoms with Crippen LogP contribution in [-0.2, 0) is 4.43 Å². The van der Waals surface area contributed by atoms with Crippen LogP contribution in [0.2, 0.25) is 19.1 Å². The van der Waals surface area contributed by atoms with Gasteiger partial charge in [-0.25, -0.2) is 0 Å². The standard InChI is InChI=1S/C10H22OSSi/c1-5-9(12)10(2)7-6-8-13(3,4)11-10/h9,12H,5-8H2,1-4H3. The molecule has 78 valence electrons. The van der Waals surface area contributed by atoms with Crippen molar-refractivity contribution >= 4 is 20.9 Å². The van der Waals surface area contributed by atoms with E-state index in [1.165, 1.54) is 18.9 Å². The zero-order chi connectivity index (χ0) is 10.1. The van der Waals surface area contributed by atoms with Crippen LogP contribution in [0, 0.1) is 0 Å². The predicted octanol–water partition coefficient (Wildman–Crippen LogP) is 3.47. The molecule has 3 heteroatoms. The zero-order valence-corrected chi connectivity index (χ0v) is 11.2. The van der Waals surface area contributed by atoms with Gasteiger partial charge in [-0.1, -0.05) is 13.3 Å². The number of hydrogen-bond acceptors (Lipinski definition) is 2. The van der Waals surface area contributed by atoms with Crippen LogP contribution in [0.15, 0.2) is 0 Å². The molecule has 0 bridgehead atoms. The third-order valence-corrected chi connectivity index (χ3v) is 6.54. The second kappa shape index (κ2) is 3.95. The molecule has 1 aliphatic heterocycles. The van der Waals surface area contributed by atoms with E-state index in [1.807, 2.05) is 0 Å². The molecule has 0 spiro atoms. The molecule has 2 atom stereocenters. The normalized spacial score (nSPS) is 35.8. The van der Waals surface area contributed by atoms with E-state index in [4.69, 9.17) is 4.43 Å². The summed E-state index contributed by atoms with van der Waals surface area (Å²) in [5.74, 6) is 0. The van der Waals surface area contributed by atoms with Gasteiger partial charge in [0.05, 0.1) is 5.60 Å². The smallest absolute Gasteiger partial charge is 0.187 e. The van der Waals surface area contributed by atoms with Crippen molar-refractivity contribution in [2.24, 2.45) is 0 Å². The van der Waals surface area contributed by atoms with Gasteiger partial charge in [-0.3, -0.25) is 0 Å². The minimum Gasteiger partial charge on any atom is -0.411 e. The van der Waals surface area contributed by atoms with Crippen molar-refractivity contribution in [3.8, 4) is 0 Å². The molecule has 0 saturated carbocycles. The summed E-state index contributed by atoms with van der Waals surface area (Å²) in [5, 5.41) is 0.402. The number of hydrogen-bond donors (Lipinski definition) is 1. The summed E-state index contributed by atoms with van der Waals surface area (Å²) in [4.78, 5) is 0. The van der Waals surface area contributed by atoms with Crippen LogP contribution in [0.4, 0.5) is 0 Å². The van der Waals surface area contributed by atoms with Crippen LogP contribution in [0.25, 0.3) is 0 Å². The second-order valence-electron chi connectivity index (χ2n) is 4.95. The highest BCUT2D eigenvalue weighted by Gasteiger charge is 2.41. The lowest BCUT2D eigenvalue weighted by molar-refractivity contribution is 0.0502. The molecule has 1 heterocycles. The quantitative estimate of drug-likeness (QED) is 0.551. The third kappa shape index (κ3) is 2.74. The zero-order valence-electron chi connectivity index (χ0n) is 9.26. The monoisotopic (exact) mass is 218 g/mol. The number of thiol groups is 1. The molecule has 2 unspecified atom stereocenters. The summed E-state index contributed by atoms with van der Waals surface area (Å²) in [7, 11) is -1.35. The molecule has 1 rings (SSSR count). The van der Waals surface area contributed by atoms with Gasteiger partial charge in [0.15, 0.2) is 8.32 Å².